The summed E-state index contributed by atoms with van der Waals surface area (Å²) in [6, 6.07) is -0.221. The predicted molar refractivity (Wildman–Crippen MR) is 47.4 cm³/mol. The van der Waals surface area contributed by atoms with E-state index in [2.05, 4.69) is 10.6 Å². The van der Waals surface area contributed by atoms with Crippen LogP contribution in [-0.2, 0) is 4.74 Å². The lowest BCUT2D eigenvalue weighted by molar-refractivity contribution is 0.185. The van der Waals surface area contributed by atoms with E-state index in [1.54, 1.807) is 0 Å². The van der Waals surface area contributed by atoms with Gasteiger partial charge in [-0.25, -0.2) is 4.79 Å². The molecule has 13 heavy (non-hydrogen) atoms. The Morgan fingerprint density at radius 1 is 1.54 bits per heavy atom. The van der Waals surface area contributed by atoms with Gasteiger partial charge in [0.05, 0.1) is 13.2 Å². The van der Waals surface area contributed by atoms with Crippen molar-refractivity contribution >= 4 is 6.03 Å². The molecule has 1 rings (SSSR count). The van der Waals surface area contributed by atoms with Crippen LogP contribution in [0.5, 0.6) is 0 Å². The van der Waals surface area contributed by atoms with E-state index in [1.807, 2.05) is 0 Å². The van der Waals surface area contributed by atoms with E-state index < -0.39 is 0 Å². The Labute approximate surface area is 77.5 Å². The van der Waals surface area contributed by atoms with Crippen LogP contribution in [0.1, 0.15) is 6.42 Å². The number of carbonyl (C=O) groups is 1. The molecule has 1 aliphatic rings. The van der Waals surface area contributed by atoms with Crippen molar-refractivity contribution in [3.8, 4) is 0 Å². The van der Waals surface area contributed by atoms with Gasteiger partial charge in [-0.3, -0.25) is 0 Å². The number of ether oxygens (including phenoxy) is 1. The predicted octanol–water partition coefficient (Wildman–Crippen LogP) is -0.686. The van der Waals surface area contributed by atoms with Gasteiger partial charge in [0.15, 0.2) is 0 Å². The molecule has 1 heterocycles. The Kier molecular flexibility index (Phi) is 4.56. The van der Waals surface area contributed by atoms with Crippen LogP contribution >= 0.6 is 0 Å². The van der Waals surface area contributed by atoms with Crippen molar-refractivity contribution in [1.29, 1.82) is 0 Å². The Morgan fingerprint density at radius 2 is 2.38 bits per heavy atom. The van der Waals surface area contributed by atoms with E-state index in [4.69, 9.17) is 9.84 Å². The van der Waals surface area contributed by atoms with Crippen LogP contribution in [0, 0.1) is 5.92 Å². The second-order valence-electron chi connectivity index (χ2n) is 3.09. The van der Waals surface area contributed by atoms with Crippen molar-refractivity contribution in [2.45, 2.75) is 6.42 Å². The van der Waals surface area contributed by atoms with Crippen molar-refractivity contribution < 1.29 is 14.6 Å². The summed E-state index contributed by atoms with van der Waals surface area (Å²) in [7, 11) is 0. The SMILES string of the molecule is O=C(NCCO)NCC1CCOC1. The molecule has 2 amide bonds. The molecular weight excluding hydrogens is 172 g/mol. The lowest BCUT2D eigenvalue weighted by atomic mass is 10.1. The average Bonchev–Trinajstić information content (AvgIpc) is 2.64. The van der Waals surface area contributed by atoms with Crippen molar-refractivity contribution in [2.24, 2.45) is 5.92 Å². The summed E-state index contributed by atoms with van der Waals surface area (Å²) in [6.07, 6.45) is 1.01. The van der Waals surface area contributed by atoms with E-state index in [0.29, 0.717) is 19.0 Å². The fourth-order valence-corrected chi connectivity index (χ4v) is 1.21. The Bertz CT molecular complexity index is 157. The fourth-order valence-electron chi connectivity index (χ4n) is 1.21. The standard InChI is InChI=1S/C8H16N2O3/c11-3-2-9-8(12)10-5-7-1-4-13-6-7/h7,11H,1-6H2,(H2,9,10,12). The molecule has 1 aliphatic heterocycles. The van der Waals surface area contributed by atoms with Crippen LogP contribution < -0.4 is 10.6 Å². The number of hydrogen-bond donors (Lipinski definition) is 3. The molecule has 0 aromatic heterocycles. The number of rotatable bonds is 4. The van der Waals surface area contributed by atoms with Crippen molar-refractivity contribution in [1.82, 2.24) is 10.6 Å². The molecule has 0 aliphatic carbocycles. The summed E-state index contributed by atoms with van der Waals surface area (Å²) in [5, 5.41) is 13.7. The van der Waals surface area contributed by atoms with E-state index in [0.717, 1.165) is 19.6 Å². The summed E-state index contributed by atoms with van der Waals surface area (Å²) in [4.78, 5) is 11.0. The highest BCUT2D eigenvalue weighted by atomic mass is 16.5. The molecule has 0 bridgehead atoms. The minimum atomic E-state index is -0.221. The minimum Gasteiger partial charge on any atom is -0.395 e. The zero-order valence-corrected chi connectivity index (χ0v) is 7.58. The van der Waals surface area contributed by atoms with Gasteiger partial charge in [0.25, 0.3) is 0 Å². The zero-order chi connectivity index (χ0) is 9.52. The first kappa shape index (κ1) is 10.3. The van der Waals surface area contributed by atoms with Crippen LogP contribution in [0.4, 0.5) is 4.79 Å². The lowest BCUT2D eigenvalue weighted by Gasteiger charge is -2.09. The van der Waals surface area contributed by atoms with Gasteiger partial charge < -0.3 is 20.5 Å². The number of carbonyl (C=O) groups excluding carboxylic acids is 1. The largest absolute Gasteiger partial charge is 0.395 e. The quantitative estimate of drug-likeness (QED) is 0.547. The Hall–Kier alpha value is -0.810. The number of amides is 2. The third-order valence-corrected chi connectivity index (χ3v) is 1.97. The van der Waals surface area contributed by atoms with Gasteiger partial charge in [0.2, 0.25) is 0 Å². The number of urea groups is 1. The molecule has 0 spiro atoms. The summed E-state index contributed by atoms with van der Waals surface area (Å²) in [5.74, 6) is 0.444. The highest BCUT2D eigenvalue weighted by Crippen LogP contribution is 2.10. The van der Waals surface area contributed by atoms with Crippen LogP contribution in [0.15, 0.2) is 0 Å². The van der Waals surface area contributed by atoms with Crippen LogP contribution in [0.3, 0.4) is 0 Å². The molecule has 5 nitrogen and oxygen atoms in total. The van der Waals surface area contributed by atoms with Crippen molar-refractivity contribution in [3.63, 3.8) is 0 Å². The van der Waals surface area contributed by atoms with Crippen LogP contribution in [0.25, 0.3) is 0 Å². The van der Waals surface area contributed by atoms with Crippen LogP contribution in [-0.4, -0.2) is 44.0 Å². The van der Waals surface area contributed by atoms with E-state index >= 15 is 0 Å². The molecule has 0 aromatic carbocycles. The van der Waals surface area contributed by atoms with Gasteiger partial charge in [0, 0.05) is 25.6 Å². The summed E-state index contributed by atoms with van der Waals surface area (Å²) in [5.41, 5.74) is 0. The van der Waals surface area contributed by atoms with Gasteiger partial charge in [-0.2, -0.15) is 0 Å². The van der Waals surface area contributed by atoms with E-state index in [-0.39, 0.29) is 12.6 Å². The van der Waals surface area contributed by atoms with E-state index in [9.17, 15) is 4.79 Å². The minimum absolute atomic E-state index is 0.0278. The van der Waals surface area contributed by atoms with Crippen molar-refractivity contribution in [2.75, 3.05) is 32.9 Å². The summed E-state index contributed by atoms with van der Waals surface area (Å²) >= 11 is 0. The first-order valence-corrected chi connectivity index (χ1v) is 4.53. The highest BCUT2D eigenvalue weighted by molar-refractivity contribution is 5.73. The summed E-state index contributed by atoms with van der Waals surface area (Å²) < 4.78 is 5.16. The number of aliphatic hydroxyl groups is 1. The number of hydrogen-bond acceptors (Lipinski definition) is 3. The maximum absolute atomic E-state index is 11.0. The van der Waals surface area contributed by atoms with Gasteiger partial charge in [0.1, 0.15) is 0 Å². The van der Waals surface area contributed by atoms with Crippen LogP contribution in [0.2, 0.25) is 0 Å². The van der Waals surface area contributed by atoms with Gasteiger partial charge in [-0.15, -0.1) is 0 Å². The molecule has 76 valence electrons. The summed E-state index contributed by atoms with van der Waals surface area (Å²) in [6.45, 7) is 2.45. The normalized spacial score (nSPS) is 21.5. The second-order valence-corrected chi connectivity index (χ2v) is 3.09. The monoisotopic (exact) mass is 188 g/mol. The first-order chi connectivity index (χ1) is 6.33. The molecule has 0 radical (unpaired) electrons. The molecule has 1 atom stereocenters. The molecule has 0 saturated carbocycles. The zero-order valence-electron chi connectivity index (χ0n) is 7.58. The smallest absolute Gasteiger partial charge is 0.314 e. The third-order valence-electron chi connectivity index (χ3n) is 1.97. The fraction of sp³-hybridized carbons (Fsp3) is 0.875. The second kappa shape index (κ2) is 5.77. The highest BCUT2D eigenvalue weighted by Gasteiger charge is 2.15. The maximum Gasteiger partial charge on any atom is 0.314 e. The van der Waals surface area contributed by atoms with Gasteiger partial charge >= 0.3 is 6.03 Å². The topological polar surface area (TPSA) is 70.6 Å². The first-order valence-electron chi connectivity index (χ1n) is 4.53. The van der Waals surface area contributed by atoms with Crippen molar-refractivity contribution in [3.05, 3.63) is 0 Å². The molecule has 1 unspecified atom stereocenters. The van der Waals surface area contributed by atoms with Gasteiger partial charge in [-0.1, -0.05) is 0 Å². The Balaban J connectivity index is 2.00. The lowest BCUT2D eigenvalue weighted by Crippen LogP contribution is -2.39. The number of nitrogens with one attached hydrogen (secondary N) is 2. The van der Waals surface area contributed by atoms with E-state index in [1.165, 1.54) is 0 Å². The number of aliphatic hydroxyl groups excluding tert-OH is 1. The molecule has 3 N–H and O–H groups in total. The molecule has 1 fully saturated rings. The Morgan fingerprint density at radius 3 is 3.00 bits per heavy atom. The third kappa shape index (κ3) is 4.10. The average molecular weight is 188 g/mol. The molecule has 1 saturated heterocycles. The van der Waals surface area contributed by atoms with Gasteiger partial charge in [-0.05, 0) is 6.42 Å². The molecule has 5 heteroatoms. The molecular formula is C8H16N2O3. The maximum atomic E-state index is 11.0. The molecule has 0 aromatic rings.